The van der Waals surface area contributed by atoms with Crippen LogP contribution in [0.3, 0.4) is 0 Å². The molecule has 0 saturated heterocycles. The van der Waals surface area contributed by atoms with Crippen molar-refractivity contribution in [2.24, 2.45) is 0 Å². The van der Waals surface area contributed by atoms with Gasteiger partial charge >= 0.3 is 6.18 Å². The van der Waals surface area contributed by atoms with E-state index in [2.05, 4.69) is 5.32 Å². The normalized spacial score (nSPS) is 11.4. The predicted molar refractivity (Wildman–Crippen MR) is 65.5 cm³/mol. The third kappa shape index (κ3) is 3.17. The third-order valence-electron chi connectivity index (χ3n) is 2.49. The van der Waals surface area contributed by atoms with Crippen molar-refractivity contribution in [1.29, 1.82) is 0 Å². The minimum atomic E-state index is -4.64. The van der Waals surface area contributed by atoms with Crippen molar-refractivity contribution in [3.63, 3.8) is 0 Å². The molecule has 0 atom stereocenters. The number of halogens is 5. The molecular formula is C13H9F5N2. The summed E-state index contributed by atoms with van der Waals surface area (Å²) in [5.41, 5.74) is 3.78. The first-order chi connectivity index (χ1) is 9.25. The van der Waals surface area contributed by atoms with Gasteiger partial charge in [0.1, 0.15) is 11.6 Å². The number of nitrogen functional groups attached to an aromatic ring is 1. The first-order valence-corrected chi connectivity index (χ1v) is 5.45. The van der Waals surface area contributed by atoms with Crippen LogP contribution in [0.2, 0.25) is 0 Å². The average molecular weight is 288 g/mol. The van der Waals surface area contributed by atoms with Crippen LogP contribution in [0.5, 0.6) is 0 Å². The highest BCUT2D eigenvalue weighted by molar-refractivity contribution is 5.66. The fourth-order valence-electron chi connectivity index (χ4n) is 1.69. The van der Waals surface area contributed by atoms with Gasteiger partial charge in [-0.3, -0.25) is 0 Å². The molecule has 2 aromatic rings. The Bertz CT molecular complexity index is 617. The minimum Gasteiger partial charge on any atom is -0.399 e. The third-order valence-corrected chi connectivity index (χ3v) is 2.49. The van der Waals surface area contributed by atoms with Gasteiger partial charge in [0.25, 0.3) is 0 Å². The molecule has 0 spiro atoms. The molecule has 20 heavy (non-hydrogen) atoms. The summed E-state index contributed by atoms with van der Waals surface area (Å²) in [4.78, 5) is 0. The maximum absolute atomic E-state index is 13.0. The summed E-state index contributed by atoms with van der Waals surface area (Å²) in [7, 11) is 0. The summed E-state index contributed by atoms with van der Waals surface area (Å²) in [5.74, 6) is -1.78. The molecule has 106 valence electrons. The molecule has 0 amide bonds. The SMILES string of the molecule is Nc1ccc(Nc2cc(F)cc(F)c2)c(C(F)(F)F)c1. The molecule has 0 aliphatic carbocycles. The van der Waals surface area contributed by atoms with Gasteiger partial charge in [-0.25, -0.2) is 8.78 Å². The highest BCUT2D eigenvalue weighted by Gasteiger charge is 2.33. The molecule has 2 aromatic carbocycles. The topological polar surface area (TPSA) is 38.0 Å². The quantitative estimate of drug-likeness (QED) is 0.638. The first-order valence-electron chi connectivity index (χ1n) is 5.45. The van der Waals surface area contributed by atoms with E-state index < -0.39 is 23.4 Å². The molecular weight excluding hydrogens is 279 g/mol. The van der Waals surface area contributed by atoms with E-state index >= 15 is 0 Å². The maximum Gasteiger partial charge on any atom is 0.418 e. The Hall–Kier alpha value is -2.31. The molecule has 0 saturated carbocycles. The second kappa shape index (κ2) is 4.99. The van der Waals surface area contributed by atoms with Crippen LogP contribution in [-0.4, -0.2) is 0 Å². The number of nitrogens with one attached hydrogen (secondary N) is 1. The number of hydrogen-bond donors (Lipinski definition) is 2. The number of alkyl halides is 3. The van der Waals surface area contributed by atoms with Crippen molar-refractivity contribution in [3.05, 3.63) is 53.6 Å². The second-order valence-corrected chi connectivity index (χ2v) is 4.09. The standard InChI is InChI=1S/C13H9F5N2/c14-7-3-8(15)5-10(4-7)20-12-2-1-9(19)6-11(12)13(16,17)18/h1-6,20H,19H2. The zero-order chi connectivity index (χ0) is 14.9. The smallest absolute Gasteiger partial charge is 0.399 e. The summed E-state index contributed by atoms with van der Waals surface area (Å²) >= 11 is 0. The average Bonchev–Trinajstić information content (AvgIpc) is 2.28. The molecule has 2 nitrogen and oxygen atoms in total. The summed E-state index contributed by atoms with van der Waals surface area (Å²) in [6.45, 7) is 0. The van der Waals surface area contributed by atoms with E-state index in [4.69, 9.17) is 5.73 Å². The zero-order valence-electron chi connectivity index (χ0n) is 9.93. The lowest BCUT2D eigenvalue weighted by molar-refractivity contribution is -0.136. The Morgan fingerprint density at radius 1 is 0.900 bits per heavy atom. The van der Waals surface area contributed by atoms with Gasteiger partial charge in [-0.05, 0) is 30.3 Å². The van der Waals surface area contributed by atoms with Crippen LogP contribution in [0.25, 0.3) is 0 Å². The van der Waals surface area contributed by atoms with E-state index in [0.29, 0.717) is 6.07 Å². The number of rotatable bonds is 2. The number of benzene rings is 2. The maximum atomic E-state index is 13.0. The van der Waals surface area contributed by atoms with Crippen LogP contribution < -0.4 is 11.1 Å². The molecule has 3 N–H and O–H groups in total. The number of anilines is 3. The van der Waals surface area contributed by atoms with Gasteiger partial charge in [0.2, 0.25) is 0 Å². The second-order valence-electron chi connectivity index (χ2n) is 4.09. The Labute approximate surface area is 111 Å². The minimum absolute atomic E-state index is 0.0618. The van der Waals surface area contributed by atoms with E-state index in [9.17, 15) is 22.0 Å². The lowest BCUT2D eigenvalue weighted by Gasteiger charge is -2.15. The van der Waals surface area contributed by atoms with Crippen LogP contribution in [0.1, 0.15) is 5.56 Å². The van der Waals surface area contributed by atoms with Crippen molar-refractivity contribution in [2.75, 3.05) is 11.1 Å². The fourth-order valence-corrected chi connectivity index (χ4v) is 1.69. The van der Waals surface area contributed by atoms with Crippen molar-refractivity contribution in [2.45, 2.75) is 6.18 Å². The summed E-state index contributed by atoms with van der Waals surface area (Å²) < 4.78 is 64.6. The lowest BCUT2D eigenvalue weighted by Crippen LogP contribution is -2.09. The molecule has 2 rings (SSSR count). The van der Waals surface area contributed by atoms with Crippen LogP contribution in [-0.2, 0) is 6.18 Å². The predicted octanol–water partition coefficient (Wildman–Crippen LogP) is 4.31. The zero-order valence-corrected chi connectivity index (χ0v) is 9.93. The Morgan fingerprint density at radius 3 is 2.05 bits per heavy atom. The van der Waals surface area contributed by atoms with Gasteiger partial charge in [-0.1, -0.05) is 0 Å². The highest BCUT2D eigenvalue weighted by atomic mass is 19.4. The molecule has 0 radical (unpaired) electrons. The largest absolute Gasteiger partial charge is 0.418 e. The summed E-state index contributed by atoms with van der Waals surface area (Å²) in [5, 5.41) is 2.33. The van der Waals surface area contributed by atoms with Gasteiger partial charge in [-0.2, -0.15) is 13.2 Å². The molecule has 0 aliphatic rings. The fraction of sp³-hybridized carbons (Fsp3) is 0.0769. The molecule has 0 heterocycles. The van der Waals surface area contributed by atoms with Gasteiger partial charge < -0.3 is 11.1 Å². The van der Waals surface area contributed by atoms with Gasteiger partial charge in [-0.15, -0.1) is 0 Å². The van der Waals surface area contributed by atoms with E-state index in [1.807, 2.05) is 0 Å². The molecule has 0 unspecified atom stereocenters. The summed E-state index contributed by atoms with van der Waals surface area (Å²) in [6.07, 6.45) is -4.64. The van der Waals surface area contributed by atoms with E-state index in [1.165, 1.54) is 6.07 Å². The molecule has 0 fully saturated rings. The molecule has 7 heteroatoms. The van der Waals surface area contributed by atoms with Gasteiger partial charge in [0, 0.05) is 17.4 Å². The van der Waals surface area contributed by atoms with Crippen LogP contribution >= 0.6 is 0 Å². The van der Waals surface area contributed by atoms with Crippen LogP contribution in [0.4, 0.5) is 39.0 Å². The van der Waals surface area contributed by atoms with Gasteiger partial charge in [0.05, 0.1) is 11.3 Å². The van der Waals surface area contributed by atoms with E-state index in [0.717, 1.165) is 24.3 Å². The summed E-state index contributed by atoms with van der Waals surface area (Å²) in [6, 6.07) is 5.50. The van der Waals surface area contributed by atoms with Crippen LogP contribution in [0, 0.1) is 11.6 Å². The number of nitrogens with two attached hydrogens (primary N) is 1. The van der Waals surface area contributed by atoms with Crippen molar-refractivity contribution in [1.82, 2.24) is 0 Å². The van der Waals surface area contributed by atoms with E-state index in [-0.39, 0.29) is 17.1 Å². The Morgan fingerprint density at radius 2 is 1.50 bits per heavy atom. The first kappa shape index (κ1) is 14.1. The van der Waals surface area contributed by atoms with Crippen molar-refractivity contribution >= 4 is 17.1 Å². The van der Waals surface area contributed by atoms with E-state index in [1.54, 1.807) is 0 Å². The molecule has 0 aliphatic heterocycles. The highest BCUT2D eigenvalue weighted by Crippen LogP contribution is 2.37. The molecule has 0 bridgehead atoms. The van der Waals surface area contributed by atoms with Crippen molar-refractivity contribution < 1.29 is 22.0 Å². The Balaban J connectivity index is 2.43. The van der Waals surface area contributed by atoms with Gasteiger partial charge in [0.15, 0.2) is 0 Å². The number of hydrogen-bond acceptors (Lipinski definition) is 2. The van der Waals surface area contributed by atoms with Crippen LogP contribution in [0.15, 0.2) is 36.4 Å². The molecule has 0 aromatic heterocycles. The van der Waals surface area contributed by atoms with Crippen molar-refractivity contribution in [3.8, 4) is 0 Å². The monoisotopic (exact) mass is 288 g/mol. The lowest BCUT2D eigenvalue weighted by atomic mass is 10.1. The Kier molecular flexibility index (Phi) is 3.52.